The second-order valence-corrected chi connectivity index (χ2v) is 5.43. The zero-order chi connectivity index (χ0) is 15.8. The molecule has 2 aromatic rings. The Morgan fingerprint density at radius 1 is 1.22 bits per heavy atom. The molecule has 23 heavy (non-hydrogen) atoms. The van der Waals surface area contributed by atoms with Crippen LogP contribution in [0.15, 0.2) is 41.4 Å². The highest BCUT2D eigenvalue weighted by molar-refractivity contribution is 5.81. The molecule has 0 amide bonds. The second-order valence-electron chi connectivity index (χ2n) is 5.43. The summed E-state index contributed by atoms with van der Waals surface area (Å²) in [5.74, 6) is 1.61. The van der Waals surface area contributed by atoms with Crippen LogP contribution in [0.2, 0.25) is 0 Å². The van der Waals surface area contributed by atoms with Gasteiger partial charge in [0, 0.05) is 11.3 Å². The predicted octanol–water partition coefficient (Wildman–Crippen LogP) is 2.52. The summed E-state index contributed by atoms with van der Waals surface area (Å²) in [5, 5.41) is 3.29. The number of hydrogen-bond acceptors (Lipinski definition) is 6. The van der Waals surface area contributed by atoms with E-state index in [4.69, 9.17) is 19.9 Å². The van der Waals surface area contributed by atoms with Crippen LogP contribution in [-0.2, 0) is 11.3 Å². The van der Waals surface area contributed by atoms with Crippen molar-refractivity contribution < 1.29 is 14.2 Å². The first-order valence-electron chi connectivity index (χ1n) is 7.41. The quantitative estimate of drug-likeness (QED) is 0.833. The van der Waals surface area contributed by atoms with E-state index in [9.17, 15) is 0 Å². The Bertz CT molecular complexity index is 789. The molecule has 118 valence electrons. The smallest absolute Gasteiger partial charge is 0.290 e. The van der Waals surface area contributed by atoms with E-state index in [0.29, 0.717) is 24.9 Å². The average Bonchev–Trinajstić information content (AvgIpc) is 2.98. The molecule has 2 aliphatic heterocycles. The first-order chi connectivity index (χ1) is 11.3. The molecular formula is C17H17N3O3. The number of hydrogen-bond donors (Lipinski definition) is 2. The Balaban J connectivity index is 1.62. The zero-order valence-electron chi connectivity index (χ0n) is 12.7. The van der Waals surface area contributed by atoms with Gasteiger partial charge in [-0.25, -0.2) is 0 Å². The molecule has 0 saturated carbocycles. The summed E-state index contributed by atoms with van der Waals surface area (Å²) in [5.41, 5.74) is 9.37. The number of methoxy groups -OCH3 is 1. The summed E-state index contributed by atoms with van der Waals surface area (Å²) >= 11 is 0. The Morgan fingerprint density at radius 2 is 2.09 bits per heavy atom. The van der Waals surface area contributed by atoms with Gasteiger partial charge >= 0.3 is 0 Å². The standard InChI is InChI=1S/C17H17N3O3/c1-21-14-6-3-7-15-16(14)13(9-22-15)20-17-19-12-5-2-4-11(18)10(12)8-23-17/h2-7,13H,8-9,18H2,1H3,(H,19,20). The minimum atomic E-state index is -0.0671. The number of benzene rings is 2. The molecule has 6 heteroatoms. The van der Waals surface area contributed by atoms with Crippen molar-refractivity contribution in [2.45, 2.75) is 12.6 Å². The van der Waals surface area contributed by atoms with Crippen LogP contribution < -0.4 is 20.5 Å². The Morgan fingerprint density at radius 3 is 2.96 bits per heavy atom. The number of amidine groups is 1. The first kappa shape index (κ1) is 13.8. The van der Waals surface area contributed by atoms with E-state index >= 15 is 0 Å². The predicted molar refractivity (Wildman–Crippen MR) is 87.1 cm³/mol. The topological polar surface area (TPSA) is 78.1 Å². The summed E-state index contributed by atoms with van der Waals surface area (Å²) in [6, 6.07) is 11.8. The molecule has 0 radical (unpaired) electrons. The molecule has 0 aromatic heterocycles. The highest BCUT2D eigenvalue weighted by atomic mass is 16.5. The lowest BCUT2D eigenvalue weighted by Gasteiger charge is -2.21. The number of nitrogens with one attached hydrogen (secondary N) is 1. The number of nitrogens with zero attached hydrogens (tertiary/aromatic N) is 1. The van der Waals surface area contributed by atoms with Crippen molar-refractivity contribution >= 4 is 17.4 Å². The summed E-state index contributed by atoms with van der Waals surface area (Å²) in [7, 11) is 1.65. The first-order valence-corrected chi connectivity index (χ1v) is 7.41. The van der Waals surface area contributed by atoms with Crippen LogP contribution in [0.5, 0.6) is 11.5 Å². The Labute approximate surface area is 133 Å². The van der Waals surface area contributed by atoms with Gasteiger partial charge in [0.25, 0.3) is 6.02 Å². The van der Waals surface area contributed by atoms with E-state index in [1.807, 2.05) is 36.4 Å². The molecule has 6 nitrogen and oxygen atoms in total. The van der Waals surface area contributed by atoms with E-state index in [1.165, 1.54) is 0 Å². The molecule has 2 aliphatic rings. The molecule has 0 spiro atoms. The van der Waals surface area contributed by atoms with Gasteiger partial charge in [0.1, 0.15) is 24.7 Å². The zero-order valence-corrected chi connectivity index (χ0v) is 12.7. The van der Waals surface area contributed by atoms with Crippen molar-refractivity contribution in [1.29, 1.82) is 0 Å². The number of anilines is 1. The number of ether oxygens (including phenoxy) is 3. The third-order valence-corrected chi connectivity index (χ3v) is 4.06. The maximum atomic E-state index is 5.95. The van der Waals surface area contributed by atoms with E-state index in [1.54, 1.807) is 7.11 Å². The largest absolute Gasteiger partial charge is 0.496 e. The van der Waals surface area contributed by atoms with Crippen LogP contribution in [0.4, 0.5) is 11.4 Å². The molecule has 4 rings (SSSR count). The third-order valence-electron chi connectivity index (χ3n) is 4.06. The normalized spacial score (nSPS) is 18.1. The van der Waals surface area contributed by atoms with Crippen molar-refractivity contribution in [3.63, 3.8) is 0 Å². The Hall–Kier alpha value is -2.89. The van der Waals surface area contributed by atoms with Gasteiger partial charge < -0.3 is 25.3 Å². The monoisotopic (exact) mass is 311 g/mol. The molecule has 0 saturated heterocycles. The summed E-state index contributed by atoms with van der Waals surface area (Å²) in [4.78, 5) is 4.51. The third kappa shape index (κ3) is 2.32. The van der Waals surface area contributed by atoms with Gasteiger partial charge in [-0.1, -0.05) is 12.1 Å². The van der Waals surface area contributed by atoms with E-state index in [-0.39, 0.29) is 6.04 Å². The number of rotatable bonds is 2. The molecule has 0 fully saturated rings. The fraction of sp³-hybridized carbons (Fsp3) is 0.235. The molecule has 1 unspecified atom stereocenters. The minimum absolute atomic E-state index is 0.0671. The van der Waals surface area contributed by atoms with Crippen molar-refractivity contribution in [1.82, 2.24) is 5.32 Å². The molecule has 2 heterocycles. The lowest BCUT2D eigenvalue weighted by molar-refractivity contribution is 0.257. The maximum absolute atomic E-state index is 5.95. The van der Waals surface area contributed by atoms with Crippen molar-refractivity contribution in [2.75, 3.05) is 19.5 Å². The van der Waals surface area contributed by atoms with Crippen molar-refractivity contribution in [3.05, 3.63) is 47.5 Å². The lowest BCUT2D eigenvalue weighted by atomic mass is 10.1. The number of aliphatic imine (C=N–C) groups is 1. The fourth-order valence-electron chi connectivity index (χ4n) is 2.90. The van der Waals surface area contributed by atoms with E-state index in [2.05, 4.69) is 10.3 Å². The van der Waals surface area contributed by atoms with Crippen LogP contribution in [0.3, 0.4) is 0 Å². The number of nitrogen functional groups attached to an aromatic ring is 1. The molecule has 2 aromatic carbocycles. The van der Waals surface area contributed by atoms with Crippen LogP contribution in [0.25, 0.3) is 0 Å². The van der Waals surface area contributed by atoms with Crippen molar-refractivity contribution in [3.8, 4) is 11.5 Å². The SMILES string of the molecule is COc1cccc2c1C(NC1=Nc3cccc(N)c3CO1)CO2. The summed E-state index contributed by atoms with van der Waals surface area (Å²) in [6.45, 7) is 0.905. The Kier molecular flexibility index (Phi) is 3.22. The van der Waals surface area contributed by atoms with Gasteiger partial charge in [0.15, 0.2) is 0 Å². The highest BCUT2D eigenvalue weighted by Gasteiger charge is 2.30. The second kappa shape index (κ2) is 5.39. The molecule has 3 N–H and O–H groups in total. The van der Waals surface area contributed by atoms with Gasteiger partial charge in [-0.2, -0.15) is 4.99 Å². The summed E-state index contributed by atoms with van der Waals surface area (Å²) in [6.07, 6.45) is 0. The molecule has 1 atom stereocenters. The van der Waals surface area contributed by atoms with Crippen LogP contribution in [-0.4, -0.2) is 19.7 Å². The van der Waals surface area contributed by atoms with Gasteiger partial charge in [-0.05, 0) is 24.3 Å². The van der Waals surface area contributed by atoms with Crippen LogP contribution >= 0.6 is 0 Å². The van der Waals surface area contributed by atoms with E-state index < -0.39 is 0 Å². The van der Waals surface area contributed by atoms with Gasteiger partial charge in [-0.15, -0.1) is 0 Å². The highest BCUT2D eigenvalue weighted by Crippen LogP contribution is 2.39. The average molecular weight is 311 g/mol. The lowest BCUT2D eigenvalue weighted by Crippen LogP contribution is -2.32. The molecular weight excluding hydrogens is 294 g/mol. The maximum Gasteiger partial charge on any atom is 0.290 e. The van der Waals surface area contributed by atoms with Gasteiger partial charge in [0.2, 0.25) is 0 Å². The molecule has 0 bridgehead atoms. The summed E-state index contributed by atoms with van der Waals surface area (Å²) < 4.78 is 16.8. The van der Waals surface area contributed by atoms with Crippen LogP contribution in [0.1, 0.15) is 17.2 Å². The minimum Gasteiger partial charge on any atom is -0.496 e. The van der Waals surface area contributed by atoms with Gasteiger partial charge in [-0.3, -0.25) is 0 Å². The molecule has 0 aliphatic carbocycles. The fourth-order valence-corrected chi connectivity index (χ4v) is 2.90. The number of nitrogens with two attached hydrogens (primary N) is 1. The van der Waals surface area contributed by atoms with Gasteiger partial charge in [0.05, 0.1) is 24.4 Å². The van der Waals surface area contributed by atoms with Crippen molar-refractivity contribution in [2.24, 2.45) is 4.99 Å². The van der Waals surface area contributed by atoms with Crippen LogP contribution in [0, 0.1) is 0 Å². The van der Waals surface area contributed by atoms with E-state index in [0.717, 1.165) is 28.3 Å². The number of fused-ring (bicyclic) bond motifs is 2.